The Morgan fingerprint density at radius 2 is 2.17 bits per heavy atom. The largest absolute Gasteiger partial charge is 0.451 e. The lowest BCUT2D eigenvalue weighted by atomic mass is 10.2. The van der Waals surface area contributed by atoms with Gasteiger partial charge in [0, 0.05) is 30.7 Å². The molecule has 0 aliphatic carbocycles. The van der Waals surface area contributed by atoms with Gasteiger partial charge in [-0.1, -0.05) is 19.8 Å². The topological polar surface area (TPSA) is 73.2 Å². The SMILES string of the molecule is CCCCCNC(=O)COC(=O)c1cc(-c2csc(C)n2)cn1C. The summed E-state index contributed by atoms with van der Waals surface area (Å²) >= 11 is 1.56. The number of aromatic nitrogens is 2. The first-order valence-electron chi connectivity index (χ1n) is 8.04. The van der Waals surface area contributed by atoms with E-state index < -0.39 is 5.97 Å². The molecule has 2 heterocycles. The van der Waals surface area contributed by atoms with Gasteiger partial charge in [0.05, 0.1) is 10.7 Å². The number of thiazole rings is 1. The minimum absolute atomic E-state index is 0.263. The lowest BCUT2D eigenvalue weighted by molar-refractivity contribution is -0.124. The molecule has 0 spiro atoms. The highest BCUT2D eigenvalue weighted by atomic mass is 32.1. The summed E-state index contributed by atoms with van der Waals surface area (Å²) in [5, 5.41) is 5.66. The Balaban J connectivity index is 1.88. The Hall–Kier alpha value is -2.15. The van der Waals surface area contributed by atoms with Crippen LogP contribution >= 0.6 is 11.3 Å². The number of hydrogen-bond acceptors (Lipinski definition) is 5. The minimum atomic E-state index is -0.514. The number of amides is 1. The molecule has 0 bridgehead atoms. The van der Waals surface area contributed by atoms with Crippen LogP contribution in [0.3, 0.4) is 0 Å². The Labute approximate surface area is 145 Å². The first-order chi connectivity index (χ1) is 11.5. The third-order valence-corrected chi connectivity index (χ3v) is 4.34. The smallest absolute Gasteiger partial charge is 0.355 e. The lowest BCUT2D eigenvalue weighted by Crippen LogP contribution is -2.29. The zero-order valence-corrected chi connectivity index (χ0v) is 15.1. The molecule has 0 radical (unpaired) electrons. The average Bonchev–Trinajstić information content (AvgIpc) is 3.15. The number of hydrogen-bond donors (Lipinski definition) is 1. The van der Waals surface area contributed by atoms with E-state index in [4.69, 9.17) is 4.74 Å². The molecule has 2 aromatic rings. The van der Waals surface area contributed by atoms with E-state index in [1.165, 1.54) is 0 Å². The third-order valence-electron chi connectivity index (χ3n) is 3.57. The van der Waals surface area contributed by atoms with Crippen molar-refractivity contribution in [2.24, 2.45) is 7.05 Å². The molecule has 0 saturated carbocycles. The molecular formula is C17H23N3O3S. The fraction of sp³-hybridized carbons (Fsp3) is 0.471. The number of ether oxygens (including phenoxy) is 1. The van der Waals surface area contributed by atoms with Crippen LogP contribution in [0.2, 0.25) is 0 Å². The Morgan fingerprint density at radius 3 is 2.83 bits per heavy atom. The summed E-state index contributed by atoms with van der Waals surface area (Å²) in [6.45, 7) is 4.39. The Morgan fingerprint density at radius 1 is 1.38 bits per heavy atom. The van der Waals surface area contributed by atoms with Gasteiger partial charge in [-0.15, -0.1) is 11.3 Å². The van der Waals surface area contributed by atoms with Crippen molar-refractivity contribution in [3.63, 3.8) is 0 Å². The van der Waals surface area contributed by atoms with E-state index in [1.54, 1.807) is 29.0 Å². The molecular weight excluding hydrogens is 326 g/mol. The molecule has 0 aromatic carbocycles. The number of carbonyl (C=O) groups excluding carboxylic acids is 2. The number of esters is 1. The summed E-state index contributed by atoms with van der Waals surface area (Å²) in [4.78, 5) is 28.2. The molecule has 1 amide bonds. The molecule has 130 valence electrons. The van der Waals surface area contributed by atoms with Gasteiger partial charge in [-0.05, 0) is 19.4 Å². The van der Waals surface area contributed by atoms with Crippen molar-refractivity contribution in [2.75, 3.05) is 13.2 Å². The zero-order chi connectivity index (χ0) is 17.5. The molecule has 6 nitrogen and oxygen atoms in total. The maximum atomic E-state index is 12.2. The van der Waals surface area contributed by atoms with E-state index in [0.717, 1.165) is 35.5 Å². The molecule has 0 aliphatic rings. The second-order valence-electron chi connectivity index (χ2n) is 5.61. The van der Waals surface area contributed by atoms with E-state index in [9.17, 15) is 9.59 Å². The van der Waals surface area contributed by atoms with Gasteiger partial charge in [-0.25, -0.2) is 9.78 Å². The van der Waals surface area contributed by atoms with Crippen molar-refractivity contribution in [2.45, 2.75) is 33.1 Å². The van der Waals surface area contributed by atoms with Gasteiger partial charge in [0.25, 0.3) is 5.91 Å². The molecule has 1 N–H and O–H groups in total. The normalized spacial score (nSPS) is 10.6. The van der Waals surface area contributed by atoms with Crippen molar-refractivity contribution in [1.29, 1.82) is 0 Å². The monoisotopic (exact) mass is 349 g/mol. The zero-order valence-electron chi connectivity index (χ0n) is 14.3. The van der Waals surface area contributed by atoms with Crippen LogP contribution in [-0.2, 0) is 16.6 Å². The van der Waals surface area contributed by atoms with Gasteiger partial charge in [0.1, 0.15) is 5.69 Å². The molecule has 24 heavy (non-hydrogen) atoms. The predicted octanol–water partition coefficient (Wildman–Crippen LogP) is 2.92. The van der Waals surface area contributed by atoms with Crippen LogP contribution in [0, 0.1) is 6.92 Å². The maximum absolute atomic E-state index is 12.2. The van der Waals surface area contributed by atoms with Crippen LogP contribution in [0.25, 0.3) is 11.3 Å². The highest BCUT2D eigenvalue weighted by Gasteiger charge is 2.16. The standard InChI is InChI=1S/C17H23N3O3S/c1-4-5-6-7-18-16(21)10-23-17(22)15-8-13(9-20(15)3)14-11-24-12(2)19-14/h8-9,11H,4-7,10H2,1-3H3,(H,18,21). The summed E-state index contributed by atoms with van der Waals surface area (Å²) in [5.74, 6) is -0.788. The molecule has 0 fully saturated rings. The Kier molecular flexibility index (Phi) is 6.54. The third kappa shape index (κ3) is 4.92. The minimum Gasteiger partial charge on any atom is -0.451 e. The van der Waals surface area contributed by atoms with Crippen LogP contribution in [-0.4, -0.2) is 34.6 Å². The number of rotatable bonds is 8. The van der Waals surface area contributed by atoms with Crippen LogP contribution in [0.4, 0.5) is 0 Å². The first kappa shape index (κ1) is 18.2. The first-order valence-corrected chi connectivity index (χ1v) is 8.92. The van der Waals surface area contributed by atoms with Gasteiger partial charge in [-0.3, -0.25) is 4.79 Å². The van der Waals surface area contributed by atoms with Crippen LogP contribution < -0.4 is 5.32 Å². The molecule has 2 rings (SSSR count). The highest BCUT2D eigenvalue weighted by Crippen LogP contribution is 2.23. The van der Waals surface area contributed by atoms with E-state index in [2.05, 4.69) is 17.2 Å². The van der Waals surface area contributed by atoms with Crippen molar-refractivity contribution < 1.29 is 14.3 Å². The van der Waals surface area contributed by atoms with Gasteiger partial charge < -0.3 is 14.6 Å². The molecule has 7 heteroatoms. The number of carbonyl (C=O) groups is 2. The van der Waals surface area contributed by atoms with Gasteiger partial charge >= 0.3 is 5.97 Å². The molecule has 0 unspecified atom stereocenters. The van der Waals surface area contributed by atoms with E-state index in [0.29, 0.717) is 12.2 Å². The molecule has 0 saturated heterocycles. The number of nitrogens with one attached hydrogen (secondary N) is 1. The highest BCUT2D eigenvalue weighted by molar-refractivity contribution is 7.09. The predicted molar refractivity (Wildman–Crippen MR) is 94.1 cm³/mol. The van der Waals surface area contributed by atoms with Crippen molar-refractivity contribution in [1.82, 2.24) is 14.9 Å². The van der Waals surface area contributed by atoms with Gasteiger partial charge in [0.15, 0.2) is 6.61 Å². The van der Waals surface area contributed by atoms with Crippen molar-refractivity contribution >= 4 is 23.2 Å². The number of aryl methyl sites for hydroxylation is 2. The molecule has 2 aromatic heterocycles. The fourth-order valence-electron chi connectivity index (χ4n) is 2.26. The van der Waals surface area contributed by atoms with Crippen molar-refractivity contribution in [3.8, 4) is 11.3 Å². The quantitative estimate of drug-likeness (QED) is 0.587. The fourth-order valence-corrected chi connectivity index (χ4v) is 2.88. The summed E-state index contributed by atoms with van der Waals surface area (Å²) < 4.78 is 6.78. The van der Waals surface area contributed by atoms with Crippen molar-refractivity contribution in [3.05, 3.63) is 28.3 Å². The molecule has 0 aliphatic heterocycles. The van der Waals surface area contributed by atoms with Gasteiger partial charge in [-0.2, -0.15) is 0 Å². The van der Waals surface area contributed by atoms with E-state index in [-0.39, 0.29) is 12.5 Å². The van der Waals surface area contributed by atoms with E-state index in [1.807, 2.05) is 18.5 Å². The van der Waals surface area contributed by atoms with E-state index >= 15 is 0 Å². The number of nitrogens with zero attached hydrogens (tertiary/aromatic N) is 2. The lowest BCUT2D eigenvalue weighted by Gasteiger charge is -2.06. The Bertz CT molecular complexity index is 706. The maximum Gasteiger partial charge on any atom is 0.355 e. The van der Waals surface area contributed by atoms with Crippen LogP contribution in [0.15, 0.2) is 17.6 Å². The van der Waals surface area contributed by atoms with Gasteiger partial charge in [0.2, 0.25) is 0 Å². The molecule has 0 atom stereocenters. The summed E-state index contributed by atoms with van der Waals surface area (Å²) in [5.41, 5.74) is 2.09. The van der Waals surface area contributed by atoms with Crippen LogP contribution in [0.1, 0.15) is 41.7 Å². The summed E-state index contributed by atoms with van der Waals surface area (Å²) in [6, 6.07) is 1.73. The summed E-state index contributed by atoms with van der Waals surface area (Å²) in [7, 11) is 1.77. The number of unbranched alkanes of at least 4 members (excludes halogenated alkanes) is 2. The second kappa shape index (κ2) is 8.63. The second-order valence-corrected chi connectivity index (χ2v) is 6.67. The van der Waals surface area contributed by atoms with Crippen LogP contribution in [0.5, 0.6) is 0 Å². The summed E-state index contributed by atoms with van der Waals surface area (Å²) in [6.07, 6.45) is 4.93. The average molecular weight is 349 g/mol.